The summed E-state index contributed by atoms with van der Waals surface area (Å²) in [5.41, 5.74) is 2.97. The van der Waals surface area contributed by atoms with E-state index in [1.807, 2.05) is 0 Å². The zero-order valence-electron chi connectivity index (χ0n) is 9.36. The van der Waals surface area contributed by atoms with E-state index in [0.717, 1.165) is 0 Å². The second kappa shape index (κ2) is 3.93. The topological polar surface area (TPSA) is 0 Å². The highest BCUT2D eigenvalue weighted by Crippen LogP contribution is 2.26. The van der Waals surface area contributed by atoms with Crippen molar-refractivity contribution in [1.82, 2.24) is 0 Å². The van der Waals surface area contributed by atoms with Crippen molar-refractivity contribution in [2.45, 2.75) is 41.5 Å². The lowest BCUT2D eigenvalue weighted by Gasteiger charge is -2.21. The molecule has 0 rings (SSSR count). The molecule has 12 heavy (non-hydrogen) atoms. The summed E-state index contributed by atoms with van der Waals surface area (Å²) < 4.78 is 0. The van der Waals surface area contributed by atoms with Crippen molar-refractivity contribution < 1.29 is 0 Å². The fourth-order valence-corrected chi connectivity index (χ4v) is 0.767. The molecule has 0 aliphatic heterocycles. The summed E-state index contributed by atoms with van der Waals surface area (Å²) in [6, 6.07) is 0. The van der Waals surface area contributed by atoms with Gasteiger partial charge in [-0.05, 0) is 25.2 Å². The Morgan fingerprint density at radius 3 is 1.92 bits per heavy atom. The molecule has 0 heterocycles. The van der Waals surface area contributed by atoms with E-state index in [0.29, 0.717) is 11.3 Å². The van der Waals surface area contributed by atoms with E-state index in [9.17, 15) is 0 Å². The van der Waals surface area contributed by atoms with Crippen molar-refractivity contribution in [3.63, 3.8) is 0 Å². The maximum atomic E-state index is 3.95. The first-order valence-electron chi connectivity index (χ1n) is 4.59. The van der Waals surface area contributed by atoms with Crippen LogP contribution in [0.5, 0.6) is 0 Å². The van der Waals surface area contributed by atoms with E-state index >= 15 is 0 Å². The Hall–Kier alpha value is -0.520. The zero-order valence-corrected chi connectivity index (χ0v) is 9.36. The molecule has 1 unspecified atom stereocenters. The van der Waals surface area contributed by atoms with Crippen molar-refractivity contribution in [2.75, 3.05) is 0 Å². The van der Waals surface area contributed by atoms with E-state index in [4.69, 9.17) is 0 Å². The van der Waals surface area contributed by atoms with E-state index in [2.05, 4.69) is 54.2 Å². The van der Waals surface area contributed by atoms with Crippen LogP contribution in [0.3, 0.4) is 0 Å². The lowest BCUT2D eigenvalue weighted by Crippen LogP contribution is -2.08. The molecule has 0 aliphatic carbocycles. The minimum Gasteiger partial charge on any atom is -0.0996 e. The molecule has 0 radical (unpaired) electrons. The summed E-state index contributed by atoms with van der Waals surface area (Å²) in [5, 5.41) is 0. The summed E-state index contributed by atoms with van der Waals surface area (Å²) in [6.07, 6.45) is 2.31. The normalized spacial score (nSPS) is 16.0. The molecule has 0 N–H and O–H groups in total. The lowest BCUT2D eigenvalue weighted by molar-refractivity contribution is 0.498. The highest BCUT2D eigenvalue weighted by Gasteiger charge is 2.13. The minimum absolute atomic E-state index is 0.295. The summed E-state index contributed by atoms with van der Waals surface area (Å²) in [6.45, 7) is 17.1. The van der Waals surface area contributed by atoms with Crippen LogP contribution in [0.2, 0.25) is 0 Å². The third-order valence-corrected chi connectivity index (χ3v) is 2.46. The highest BCUT2D eigenvalue weighted by molar-refractivity contribution is 5.14. The Bertz CT molecular complexity index is 189. The molecule has 0 amide bonds. The third kappa shape index (κ3) is 3.75. The monoisotopic (exact) mass is 166 g/mol. The van der Waals surface area contributed by atoms with Crippen LogP contribution in [-0.2, 0) is 0 Å². The van der Waals surface area contributed by atoms with E-state index < -0.39 is 0 Å². The largest absolute Gasteiger partial charge is 0.0996 e. The predicted octanol–water partition coefficient (Wildman–Crippen LogP) is 4.19. The van der Waals surface area contributed by atoms with Gasteiger partial charge in [0.15, 0.2) is 0 Å². The second-order valence-corrected chi connectivity index (χ2v) is 4.73. The first kappa shape index (κ1) is 11.5. The van der Waals surface area contributed by atoms with Gasteiger partial charge in [0.2, 0.25) is 0 Å². The van der Waals surface area contributed by atoms with Gasteiger partial charge in [-0.1, -0.05) is 51.5 Å². The van der Waals surface area contributed by atoms with Crippen molar-refractivity contribution in [3.8, 4) is 0 Å². The van der Waals surface area contributed by atoms with Crippen LogP contribution in [0, 0.1) is 11.3 Å². The van der Waals surface area contributed by atoms with Crippen LogP contribution in [0.25, 0.3) is 0 Å². The summed E-state index contributed by atoms with van der Waals surface area (Å²) in [4.78, 5) is 0. The van der Waals surface area contributed by atoms with Gasteiger partial charge in [-0.3, -0.25) is 0 Å². The molecule has 0 fully saturated rings. The number of hydrogen-bond donors (Lipinski definition) is 0. The van der Waals surface area contributed by atoms with E-state index in [1.54, 1.807) is 0 Å². The molecule has 0 saturated carbocycles. The Balaban J connectivity index is 4.47. The maximum Gasteiger partial charge on any atom is -0.00543 e. The average molecular weight is 166 g/mol. The molecule has 0 aromatic rings. The Morgan fingerprint density at radius 2 is 1.67 bits per heavy atom. The lowest BCUT2D eigenvalue weighted by atomic mass is 9.85. The van der Waals surface area contributed by atoms with Gasteiger partial charge < -0.3 is 0 Å². The van der Waals surface area contributed by atoms with Gasteiger partial charge in [-0.2, -0.15) is 0 Å². The predicted molar refractivity (Wildman–Crippen MR) is 57.2 cm³/mol. The average Bonchev–Trinajstić information content (AvgIpc) is 1.85. The molecule has 0 aromatic heterocycles. The van der Waals surface area contributed by atoms with E-state index in [1.165, 1.54) is 11.1 Å². The van der Waals surface area contributed by atoms with Crippen LogP contribution in [-0.4, -0.2) is 0 Å². The SMILES string of the molecule is C=C(C)C(C)/C=C(\C)C(C)(C)C. The summed E-state index contributed by atoms with van der Waals surface area (Å²) in [5.74, 6) is 0.504. The van der Waals surface area contributed by atoms with Gasteiger partial charge in [-0.25, -0.2) is 0 Å². The molecule has 0 spiro atoms. The third-order valence-electron chi connectivity index (χ3n) is 2.46. The Labute approximate surface area is 77.4 Å². The summed E-state index contributed by atoms with van der Waals surface area (Å²) in [7, 11) is 0. The van der Waals surface area contributed by atoms with Gasteiger partial charge in [0.25, 0.3) is 0 Å². The fourth-order valence-electron chi connectivity index (χ4n) is 0.767. The van der Waals surface area contributed by atoms with Crippen molar-refractivity contribution in [2.24, 2.45) is 11.3 Å². The zero-order chi connectivity index (χ0) is 9.94. The first-order valence-corrected chi connectivity index (χ1v) is 4.59. The van der Waals surface area contributed by atoms with Gasteiger partial charge in [0.1, 0.15) is 0 Å². The van der Waals surface area contributed by atoms with Crippen molar-refractivity contribution >= 4 is 0 Å². The van der Waals surface area contributed by atoms with Gasteiger partial charge in [-0.15, -0.1) is 0 Å². The molecular weight excluding hydrogens is 144 g/mol. The standard InChI is InChI=1S/C12H22/c1-9(2)10(3)8-11(4)12(5,6)7/h8,10H,1H2,2-7H3/b11-8+. The molecular formula is C12H22. The van der Waals surface area contributed by atoms with Gasteiger partial charge >= 0.3 is 0 Å². The molecule has 1 atom stereocenters. The van der Waals surface area contributed by atoms with Crippen molar-refractivity contribution in [1.29, 1.82) is 0 Å². The van der Waals surface area contributed by atoms with Crippen LogP contribution < -0.4 is 0 Å². The molecule has 0 aromatic carbocycles. The van der Waals surface area contributed by atoms with Crippen LogP contribution in [0.1, 0.15) is 41.5 Å². The number of rotatable bonds is 2. The van der Waals surface area contributed by atoms with Crippen LogP contribution >= 0.6 is 0 Å². The minimum atomic E-state index is 0.295. The highest BCUT2D eigenvalue weighted by atomic mass is 14.2. The number of allylic oxidation sites excluding steroid dienone is 3. The molecule has 0 heteroatoms. The molecule has 0 nitrogen and oxygen atoms in total. The number of hydrogen-bond acceptors (Lipinski definition) is 0. The molecule has 0 aliphatic rings. The molecule has 0 saturated heterocycles. The van der Waals surface area contributed by atoms with E-state index in [-0.39, 0.29) is 0 Å². The summed E-state index contributed by atoms with van der Waals surface area (Å²) >= 11 is 0. The van der Waals surface area contributed by atoms with Gasteiger partial charge in [0, 0.05) is 0 Å². The Morgan fingerprint density at radius 1 is 1.25 bits per heavy atom. The second-order valence-electron chi connectivity index (χ2n) is 4.73. The Kier molecular flexibility index (Phi) is 3.76. The van der Waals surface area contributed by atoms with Crippen molar-refractivity contribution in [3.05, 3.63) is 23.8 Å². The molecule has 70 valence electrons. The molecule has 0 bridgehead atoms. The fraction of sp³-hybridized carbons (Fsp3) is 0.667. The quantitative estimate of drug-likeness (QED) is 0.539. The van der Waals surface area contributed by atoms with Crippen LogP contribution in [0.15, 0.2) is 23.8 Å². The smallest absolute Gasteiger partial charge is 0.00543 e. The van der Waals surface area contributed by atoms with Gasteiger partial charge in [0.05, 0.1) is 0 Å². The maximum absolute atomic E-state index is 3.95. The van der Waals surface area contributed by atoms with Crippen LogP contribution in [0.4, 0.5) is 0 Å². The first-order chi connectivity index (χ1) is 5.25.